The number of nitrogens with zero attached hydrogens (tertiary/aromatic N) is 3. The SMILES string of the molecule is CC(C)c1nn(-c2ccccc2)cc1CN[C@H](C)CN1CCCC1=O. The highest BCUT2D eigenvalue weighted by atomic mass is 16.2. The Kier molecular flexibility index (Phi) is 5.53. The minimum absolute atomic E-state index is 0.266. The Morgan fingerprint density at radius 3 is 2.60 bits per heavy atom. The lowest BCUT2D eigenvalue weighted by atomic mass is 10.1. The molecule has 0 unspecified atom stereocenters. The lowest BCUT2D eigenvalue weighted by Crippen LogP contribution is -2.39. The number of hydrogen-bond donors (Lipinski definition) is 1. The number of carbonyl (C=O) groups excluding carboxylic acids is 1. The van der Waals surface area contributed by atoms with E-state index in [9.17, 15) is 4.79 Å². The van der Waals surface area contributed by atoms with Crippen molar-refractivity contribution in [3.05, 3.63) is 47.8 Å². The summed E-state index contributed by atoms with van der Waals surface area (Å²) in [5.74, 6) is 0.658. The molecule has 1 saturated heterocycles. The van der Waals surface area contributed by atoms with Crippen molar-refractivity contribution in [2.24, 2.45) is 0 Å². The minimum atomic E-state index is 0.266. The molecule has 1 aliphatic heterocycles. The number of carbonyl (C=O) groups is 1. The van der Waals surface area contributed by atoms with Gasteiger partial charge in [0.1, 0.15) is 0 Å². The van der Waals surface area contributed by atoms with Gasteiger partial charge in [0, 0.05) is 43.9 Å². The maximum absolute atomic E-state index is 11.8. The van der Waals surface area contributed by atoms with Gasteiger partial charge in [-0.3, -0.25) is 4.79 Å². The summed E-state index contributed by atoms with van der Waals surface area (Å²) in [5.41, 5.74) is 3.42. The predicted molar refractivity (Wildman–Crippen MR) is 99.8 cm³/mol. The zero-order valence-electron chi connectivity index (χ0n) is 15.4. The molecule has 0 aliphatic carbocycles. The number of hydrogen-bond acceptors (Lipinski definition) is 3. The van der Waals surface area contributed by atoms with Crippen molar-refractivity contribution in [2.75, 3.05) is 13.1 Å². The molecule has 0 bridgehead atoms. The van der Waals surface area contributed by atoms with E-state index in [0.29, 0.717) is 12.3 Å². The average Bonchev–Trinajstić information content (AvgIpc) is 3.21. The fraction of sp³-hybridized carbons (Fsp3) is 0.500. The summed E-state index contributed by atoms with van der Waals surface area (Å²) in [4.78, 5) is 13.7. The van der Waals surface area contributed by atoms with E-state index in [-0.39, 0.29) is 11.9 Å². The van der Waals surface area contributed by atoms with Gasteiger partial charge in [0.05, 0.1) is 11.4 Å². The summed E-state index contributed by atoms with van der Waals surface area (Å²) in [6.07, 6.45) is 3.81. The molecule has 1 aliphatic rings. The number of benzene rings is 1. The van der Waals surface area contributed by atoms with Gasteiger partial charge in [-0.1, -0.05) is 32.0 Å². The van der Waals surface area contributed by atoms with Gasteiger partial charge < -0.3 is 10.2 Å². The Balaban J connectivity index is 1.66. The molecule has 0 radical (unpaired) electrons. The van der Waals surface area contributed by atoms with Crippen LogP contribution < -0.4 is 5.32 Å². The molecule has 3 rings (SSSR count). The van der Waals surface area contributed by atoms with E-state index in [0.717, 1.165) is 37.4 Å². The van der Waals surface area contributed by atoms with Gasteiger partial charge in [-0.2, -0.15) is 5.10 Å². The molecule has 2 heterocycles. The van der Waals surface area contributed by atoms with Crippen molar-refractivity contribution in [1.29, 1.82) is 0 Å². The molecule has 25 heavy (non-hydrogen) atoms. The molecule has 1 aromatic carbocycles. The fourth-order valence-corrected chi connectivity index (χ4v) is 3.33. The van der Waals surface area contributed by atoms with Crippen LogP contribution in [0.15, 0.2) is 36.5 Å². The lowest BCUT2D eigenvalue weighted by Gasteiger charge is -2.21. The molecular formula is C20H28N4O. The third-order valence-corrected chi connectivity index (χ3v) is 4.70. The van der Waals surface area contributed by atoms with Gasteiger partial charge in [0.25, 0.3) is 0 Å². The van der Waals surface area contributed by atoms with Crippen molar-refractivity contribution in [1.82, 2.24) is 20.0 Å². The van der Waals surface area contributed by atoms with E-state index in [4.69, 9.17) is 5.10 Å². The largest absolute Gasteiger partial charge is 0.341 e. The maximum Gasteiger partial charge on any atom is 0.222 e. The van der Waals surface area contributed by atoms with Gasteiger partial charge >= 0.3 is 0 Å². The van der Waals surface area contributed by atoms with E-state index < -0.39 is 0 Å². The van der Waals surface area contributed by atoms with Crippen LogP contribution in [0.25, 0.3) is 5.69 Å². The molecule has 1 N–H and O–H groups in total. The molecule has 1 fully saturated rings. The van der Waals surface area contributed by atoms with Gasteiger partial charge in [0.2, 0.25) is 5.91 Å². The Morgan fingerprint density at radius 1 is 1.20 bits per heavy atom. The van der Waals surface area contributed by atoms with Crippen LogP contribution in [0.2, 0.25) is 0 Å². The number of para-hydroxylation sites is 1. The number of aromatic nitrogens is 2. The number of rotatable bonds is 7. The fourth-order valence-electron chi connectivity index (χ4n) is 3.33. The second-order valence-electron chi connectivity index (χ2n) is 7.20. The molecule has 1 amide bonds. The molecular weight excluding hydrogens is 312 g/mol. The van der Waals surface area contributed by atoms with Crippen LogP contribution in [0.1, 0.15) is 50.8 Å². The van der Waals surface area contributed by atoms with Gasteiger partial charge in [-0.15, -0.1) is 0 Å². The highest BCUT2D eigenvalue weighted by Crippen LogP contribution is 2.20. The van der Waals surface area contributed by atoms with Crippen molar-refractivity contribution in [3.63, 3.8) is 0 Å². The molecule has 2 aromatic rings. The van der Waals surface area contributed by atoms with E-state index in [2.05, 4.69) is 44.4 Å². The zero-order chi connectivity index (χ0) is 17.8. The van der Waals surface area contributed by atoms with Crippen LogP contribution in [0.3, 0.4) is 0 Å². The molecule has 0 spiro atoms. The van der Waals surface area contributed by atoms with Crippen LogP contribution in [0, 0.1) is 0 Å². The van der Waals surface area contributed by atoms with E-state index >= 15 is 0 Å². The Hall–Kier alpha value is -2.14. The molecule has 1 atom stereocenters. The van der Waals surface area contributed by atoms with Crippen molar-refractivity contribution < 1.29 is 4.79 Å². The molecule has 5 heteroatoms. The molecule has 134 valence electrons. The second kappa shape index (κ2) is 7.83. The summed E-state index contributed by atoms with van der Waals surface area (Å²) in [6, 6.07) is 10.5. The number of nitrogens with one attached hydrogen (secondary N) is 1. The standard InChI is InChI=1S/C20H28N4O/c1-15(2)20-17(14-24(22-20)18-8-5-4-6-9-18)12-21-16(3)13-23-11-7-10-19(23)25/h4-6,8-9,14-16,21H,7,10-13H2,1-3H3/t16-/m1/s1. The lowest BCUT2D eigenvalue weighted by molar-refractivity contribution is -0.127. The van der Waals surface area contributed by atoms with Gasteiger partial charge in [0.15, 0.2) is 0 Å². The van der Waals surface area contributed by atoms with E-state index in [1.165, 1.54) is 5.56 Å². The molecule has 1 aromatic heterocycles. The first-order valence-corrected chi connectivity index (χ1v) is 9.19. The maximum atomic E-state index is 11.8. The zero-order valence-corrected chi connectivity index (χ0v) is 15.4. The van der Waals surface area contributed by atoms with Crippen LogP contribution in [-0.2, 0) is 11.3 Å². The first-order valence-electron chi connectivity index (χ1n) is 9.19. The van der Waals surface area contributed by atoms with Crippen LogP contribution >= 0.6 is 0 Å². The van der Waals surface area contributed by atoms with Crippen LogP contribution in [-0.4, -0.2) is 39.7 Å². The van der Waals surface area contributed by atoms with Gasteiger partial charge in [-0.25, -0.2) is 4.68 Å². The smallest absolute Gasteiger partial charge is 0.222 e. The van der Waals surface area contributed by atoms with E-state index in [1.807, 2.05) is 27.8 Å². The number of likely N-dealkylation sites (tertiary alicyclic amines) is 1. The number of amides is 1. The summed E-state index contributed by atoms with van der Waals surface area (Å²) in [7, 11) is 0. The monoisotopic (exact) mass is 340 g/mol. The Labute approximate surface area is 150 Å². The van der Waals surface area contributed by atoms with Gasteiger partial charge in [-0.05, 0) is 31.4 Å². The first kappa shape index (κ1) is 17.7. The summed E-state index contributed by atoms with van der Waals surface area (Å²) in [5, 5.41) is 8.34. The highest BCUT2D eigenvalue weighted by molar-refractivity contribution is 5.78. The Bertz CT molecular complexity index is 708. The summed E-state index contributed by atoms with van der Waals surface area (Å²) in [6.45, 7) is 8.93. The van der Waals surface area contributed by atoms with Crippen molar-refractivity contribution in [3.8, 4) is 5.69 Å². The third kappa shape index (κ3) is 4.28. The molecule has 0 saturated carbocycles. The van der Waals surface area contributed by atoms with Crippen LogP contribution in [0.5, 0.6) is 0 Å². The van der Waals surface area contributed by atoms with E-state index in [1.54, 1.807) is 0 Å². The predicted octanol–water partition coefficient (Wildman–Crippen LogP) is 3.10. The third-order valence-electron chi connectivity index (χ3n) is 4.70. The summed E-state index contributed by atoms with van der Waals surface area (Å²) >= 11 is 0. The highest BCUT2D eigenvalue weighted by Gasteiger charge is 2.22. The quantitative estimate of drug-likeness (QED) is 0.843. The Morgan fingerprint density at radius 2 is 1.96 bits per heavy atom. The first-order chi connectivity index (χ1) is 12.0. The van der Waals surface area contributed by atoms with Crippen LogP contribution in [0.4, 0.5) is 0 Å². The topological polar surface area (TPSA) is 50.2 Å². The normalized spacial score (nSPS) is 16.0. The average molecular weight is 340 g/mol. The van der Waals surface area contributed by atoms with Crippen molar-refractivity contribution >= 4 is 5.91 Å². The summed E-state index contributed by atoms with van der Waals surface area (Å²) < 4.78 is 1.96. The van der Waals surface area contributed by atoms with Crippen molar-refractivity contribution in [2.45, 2.75) is 52.1 Å². The second-order valence-corrected chi connectivity index (χ2v) is 7.20. The minimum Gasteiger partial charge on any atom is -0.341 e. The molecule has 5 nitrogen and oxygen atoms in total.